The maximum atomic E-state index is 12.3. The molecule has 0 spiro atoms. The van der Waals surface area contributed by atoms with Crippen LogP contribution in [0.25, 0.3) is 0 Å². The molecule has 154 valence electrons. The van der Waals surface area contributed by atoms with Crippen molar-refractivity contribution in [2.75, 3.05) is 19.6 Å². The van der Waals surface area contributed by atoms with Crippen LogP contribution in [-0.2, 0) is 6.42 Å². The molecule has 4 rings (SSSR count). The molecule has 1 amide bonds. The predicted molar refractivity (Wildman–Crippen MR) is 117 cm³/mol. The summed E-state index contributed by atoms with van der Waals surface area (Å²) in [6.07, 6.45) is 2.36. The average Bonchev–Trinajstić information content (AvgIpc) is 3.35. The molecule has 0 saturated heterocycles. The number of benzene rings is 2. The Kier molecular flexibility index (Phi) is 6.19. The van der Waals surface area contributed by atoms with E-state index in [2.05, 4.69) is 20.6 Å². The van der Waals surface area contributed by atoms with E-state index < -0.39 is 0 Å². The molecule has 3 aromatic rings. The van der Waals surface area contributed by atoms with Crippen molar-refractivity contribution in [2.45, 2.75) is 6.42 Å². The van der Waals surface area contributed by atoms with Gasteiger partial charge >= 0.3 is 0 Å². The Morgan fingerprint density at radius 3 is 2.84 bits per heavy atom. The van der Waals surface area contributed by atoms with Crippen molar-refractivity contribution >= 4 is 11.7 Å². The number of ether oxygens (including phenoxy) is 1. The molecule has 7 nitrogen and oxygen atoms in total. The fraction of sp³-hybridized carbons (Fsp3) is 0.167. The Bertz CT molecular complexity index is 1170. The van der Waals surface area contributed by atoms with Gasteiger partial charge in [-0.1, -0.05) is 18.2 Å². The smallest absolute Gasteiger partial charge is 0.251 e. The molecule has 0 aliphatic carbocycles. The number of amidine groups is 1. The van der Waals surface area contributed by atoms with Crippen molar-refractivity contribution in [3.05, 3.63) is 89.2 Å². The van der Waals surface area contributed by atoms with Gasteiger partial charge < -0.3 is 15.4 Å². The van der Waals surface area contributed by atoms with E-state index in [-0.39, 0.29) is 5.91 Å². The number of carbonyl (C=O) groups is 1. The number of hydrogen-bond donors (Lipinski definition) is 2. The summed E-state index contributed by atoms with van der Waals surface area (Å²) in [4.78, 5) is 21.0. The third-order valence-corrected chi connectivity index (χ3v) is 4.74. The second kappa shape index (κ2) is 9.55. The number of pyridine rings is 1. The zero-order valence-electron chi connectivity index (χ0n) is 16.8. The van der Waals surface area contributed by atoms with Crippen molar-refractivity contribution in [3.8, 4) is 17.6 Å². The van der Waals surface area contributed by atoms with Gasteiger partial charge in [0.25, 0.3) is 5.91 Å². The molecule has 2 heterocycles. The predicted octanol–water partition coefficient (Wildman–Crippen LogP) is 3.07. The van der Waals surface area contributed by atoms with Gasteiger partial charge in [0.05, 0.1) is 18.2 Å². The molecule has 1 aromatic heterocycles. The molecule has 7 heteroatoms. The maximum Gasteiger partial charge on any atom is 0.251 e. The zero-order valence-corrected chi connectivity index (χ0v) is 16.8. The van der Waals surface area contributed by atoms with Crippen LogP contribution in [0.2, 0.25) is 0 Å². The summed E-state index contributed by atoms with van der Waals surface area (Å²) < 4.78 is 6.00. The standard InChI is InChI=1S/C24H21N5O2/c25-16-18-4-1-5-19(13-18)24(30)29-9-7-17-3-2-6-20(14-17)31-21-8-10-26-22(15-21)23-27-11-12-28-23/h1-6,8,10,13-15H,7,9,11-12H2,(H,27,28)(H,29,30). The second-order valence-corrected chi connectivity index (χ2v) is 6.98. The highest BCUT2D eigenvalue weighted by Gasteiger charge is 2.11. The molecule has 0 fully saturated rings. The molecule has 31 heavy (non-hydrogen) atoms. The topological polar surface area (TPSA) is 99.4 Å². The van der Waals surface area contributed by atoms with E-state index in [1.165, 1.54) is 0 Å². The lowest BCUT2D eigenvalue weighted by Gasteiger charge is -2.10. The highest BCUT2D eigenvalue weighted by Crippen LogP contribution is 2.23. The SMILES string of the molecule is N#Cc1cccc(C(=O)NCCc2cccc(Oc3ccnc(C4=NCCN4)c3)c2)c1. The van der Waals surface area contributed by atoms with Crippen molar-refractivity contribution in [2.24, 2.45) is 4.99 Å². The van der Waals surface area contributed by atoms with Gasteiger partial charge in [-0.15, -0.1) is 0 Å². The highest BCUT2D eigenvalue weighted by molar-refractivity contribution is 5.98. The number of nitriles is 1. The van der Waals surface area contributed by atoms with E-state index in [1.807, 2.05) is 36.4 Å². The van der Waals surface area contributed by atoms with Gasteiger partial charge in [-0.3, -0.25) is 14.8 Å². The zero-order chi connectivity index (χ0) is 21.5. The largest absolute Gasteiger partial charge is 0.457 e. The summed E-state index contributed by atoms with van der Waals surface area (Å²) in [5.74, 6) is 1.99. The van der Waals surface area contributed by atoms with E-state index in [9.17, 15) is 4.79 Å². The minimum atomic E-state index is -0.197. The van der Waals surface area contributed by atoms with Gasteiger partial charge in [-0.25, -0.2) is 0 Å². The number of carbonyl (C=O) groups excluding carboxylic acids is 1. The van der Waals surface area contributed by atoms with Crippen LogP contribution in [0.1, 0.15) is 27.2 Å². The summed E-state index contributed by atoms with van der Waals surface area (Å²) in [6, 6.07) is 20.1. The third kappa shape index (κ3) is 5.25. The number of hydrogen-bond acceptors (Lipinski definition) is 6. The summed E-state index contributed by atoms with van der Waals surface area (Å²) in [6.45, 7) is 2.05. The summed E-state index contributed by atoms with van der Waals surface area (Å²) in [5, 5.41) is 15.1. The maximum absolute atomic E-state index is 12.3. The molecule has 2 aromatic carbocycles. The normalized spacial score (nSPS) is 12.4. The van der Waals surface area contributed by atoms with Crippen LogP contribution < -0.4 is 15.4 Å². The minimum absolute atomic E-state index is 0.197. The van der Waals surface area contributed by atoms with E-state index in [1.54, 1.807) is 36.5 Å². The Hall–Kier alpha value is -4.18. The Balaban J connectivity index is 1.35. The van der Waals surface area contributed by atoms with E-state index in [4.69, 9.17) is 10.00 Å². The van der Waals surface area contributed by atoms with Gasteiger partial charge in [0, 0.05) is 30.9 Å². The van der Waals surface area contributed by atoms with E-state index in [0.29, 0.717) is 35.6 Å². The molecule has 0 unspecified atom stereocenters. The van der Waals surface area contributed by atoms with Crippen molar-refractivity contribution < 1.29 is 9.53 Å². The monoisotopic (exact) mass is 411 g/mol. The molecule has 0 radical (unpaired) electrons. The molecule has 0 bridgehead atoms. The van der Waals surface area contributed by atoms with Gasteiger partial charge in [0.15, 0.2) is 0 Å². The van der Waals surface area contributed by atoms with Crippen LogP contribution in [-0.4, -0.2) is 36.4 Å². The average molecular weight is 411 g/mol. The molecule has 2 N–H and O–H groups in total. The van der Waals surface area contributed by atoms with E-state index >= 15 is 0 Å². The van der Waals surface area contributed by atoms with Gasteiger partial charge in [0.2, 0.25) is 0 Å². The van der Waals surface area contributed by atoms with E-state index in [0.717, 1.165) is 30.2 Å². The molecule has 1 aliphatic heterocycles. The van der Waals surface area contributed by atoms with Crippen LogP contribution in [0.15, 0.2) is 71.9 Å². The highest BCUT2D eigenvalue weighted by atomic mass is 16.5. The second-order valence-electron chi connectivity index (χ2n) is 6.98. The fourth-order valence-electron chi connectivity index (χ4n) is 3.23. The van der Waals surface area contributed by atoms with Gasteiger partial charge in [-0.05, 0) is 48.4 Å². The number of amides is 1. The molecule has 0 saturated carbocycles. The molecular formula is C24H21N5O2. The summed E-state index contributed by atoms with van der Waals surface area (Å²) in [5.41, 5.74) is 2.74. The first-order chi connectivity index (χ1) is 15.2. The summed E-state index contributed by atoms with van der Waals surface area (Å²) in [7, 11) is 0. The summed E-state index contributed by atoms with van der Waals surface area (Å²) >= 11 is 0. The van der Waals surface area contributed by atoms with Crippen LogP contribution in [0.4, 0.5) is 0 Å². The van der Waals surface area contributed by atoms with Crippen molar-refractivity contribution in [3.63, 3.8) is 0 Å². The molecule has 1 aliphatic rings. The Morgan fingerprint density at radius 2 is 2.00 bits per heavy atom. The minimum Gasteiger partial charge on any atom is -0.457 e. The molecular weight excluding hydrogens is 390 g/mol. The van der Waals surface area contributed by atoms with Gasteiger partial charge in [0.1, 0.15) is 23.0 Å². The van der Waals surface area contributed by atoms with Crippen LogP contribution >= 0.6 is 0 Å². The van der Waals surface area contributed by atoms with Crippen molar-refractivity contribution in [1.82, 2.24) is 15.6 Å². The lowest BCUT2D eigenvalue weighted by molar-refractivity contribution is 0.0954. The number of aliphatic imine (C=N–C) groups is 1. The third-order valence-electron chi connectivity index (χ3n) is 4.74. The number of aromatic nitrogens is 1. The number of nitrogens with zero attached hydrogens (tertiary/aromatic N) is 3. The first-order valence-corrected chi connectivity index (χ1v) is 10.0. The Morgan fingerprint density at radius 1 is 1.13 bits per heavy atom. The van der Waals surface area contributed by atoms with Gasteiger partial charge in [-0.2, -0.15) is 5.26 Å². The number of nitrogens with one attached hydrogen (secondary N) is 2. The lowest BCUT2D eigenvalue weighted by atomic mass is 10.1. The van der Waals surface area contributed by atoms with Crippen LogP contribution in [0, 0.1) is 11.3 Å². The quantitative estimate of drug-likeness (QED) is 0.622. The first kappa shape index (κ1) is 20.1. The fourth-order valence-corrected chi connectivity index (χ4v) is 3.23. The van der Waals surface area contributed by atoms with Crippen LogP contribution in [0.3, 0.4) is 0 Å². The van der Waals surface area contributed by atoms with Crippen molar-refractivity contribution in [1.29, 1.82) is 5.26 Å². The van der Waals surface area contributed by atoms with Crippen LogP contribution in [0.5, 0.6) is 11.5 Å². The first-order valence-electron chi connectivity index (χ1n) is 10.0. The lowest BCUT2D eigenvalue weighted by Crippen LogP contribution is -2.25. The molecule has 0 atom stereocenters. The Labute approximate surface area is 180 Å². The number of rotatable bonds is 7.